The van der Waals surface area contributed by atoms with Crippen molar-refractivity contribution in [3.8, 4) is 0 Å². The van der Waals surface area contributed by atoms with Gasteiger partial charge in [-0.1, -0.05) is 23.2 Å². The fourth-order valence-electron chi connectivity index (χ4n) is 1.24. The van der Waals surface area contributed by atoms with Crippen molar-refractivity contribution in [3.05, 3.63) is 46.1 Å². The molecule has 0 saturated heterocycles. The summed E-state index contributed by atoms with van der Waals surface area (Å²) in [6.45, 7) is 0. The smallest absolute Gasteiger partial charge is 0.279 e. The minimum atomic E-state index is -0.349. The van der Waals surface area contributed by atoms with Gasteiger partial charge < -0.3 is 5.73 Å². The molecule has 1 aromatic carbocycles. The standard InChI is InChI=1S/C10H7Cl2N3O/c11-6-1-2-7(8(12)5-6)10(16)15-4-3-9(13)14-15/h1-5H,(H2,13,14). The van der Waals surface area contributed by atoms with Crippen LogP contribution in [0.25, 0.3) is 0 Å². The lowest BCUT2D eigenvalue weighted by Crippen LogP contribution is -2.13. The van der Waals surface area contributed by atoms with Crippen molar-refractivity contribution in [2.45, 2.75) is 0 Å². The summed E-state index contributed by atoms with van der Waals surface area (Å²) in [6.07, 6.45) is 1.47. The molecule has 0 saturated carbocycles. The van der Waals surface area contributed by atoms with Gasteiger partial charge in [0, 0.05) is 17.3 Å². The first-order valence-corrected chi connectivity index (χ1v) is 5.14. The fourth-order valence-corrected chi connectivity index (χ4v) is 1.73. The van der Waals surface area contributed by atoms with Crippen molar-refractivity contribution in [1.82, 2.24) is 9.78 Å². The second-order valence-corrected chi connectivity index (χ2v) is 3.96. The first-order chi connectivity index (χ1) is 7.58. The number of nitrogen functional groups attached to an aromatic ring is 1. The van der Waals surface area contributed by atoms with E-state index in [2.05, 4.69) is 5.10 Å². The van der Waals surface area contributed by atoms with E-state index in [0.29, 0.717) is 10.6 Å². The first-order valence-electron chi connectivity index (χ1n) is 4.39. The molecule has 0 spiro atoms. The average Bonchev–Trinajstić information content (AvgIpc) is 2.64. The van der Waals surface area contributed by atoms with Crippen LogP contribution in [0.1, 0.15) is 10.4 Å². The Morgan fingerprint density at radius 3 is 2.62 bits per heavy atom. The average molecular weight is 256 g/mol. The Morgan fingerprint density at radius 2 is 2.06 bits per heavy atom. The summed E-state index contributed by atoms with van der Waals surface area (Å²) >= 11 is 11.6. The van der Waals surface area contributed by atoms with Gasteiger partial charge in [-0.15, -0.1) is 5.10 Å². The molecule has 2 aromatic rings. The van der Waals surface area contributed by atoms with Gasteiger partial charge in [0.2, 0.25) is 0 Å². The van der Waals surface area contributed by atoms with E-state index in [1.807, 2.05) is 0 Å². The minimum absolute atomic E-state index is 0.276. The van der Waals surface area contributed by atoms with Crippen LogP contribution >= 0.6 is 23.2 Å². The highest BCUT2D eigenvalue weighted by molar-refractivity contribution is 6.36. The molecule has 0 aliphatic rings. The maximum Gasteiger partial charge on any atom is 0.279 e. The van der Waals surface area contributed by atoms with Gasteiger partial charge in [-0.2, -0.15) is 0 Å². The van der Waals surface area contributed by atoms with Crippen LogP contribution in [0.2, 0.25) is 10.0 Å². The molecule has 0 atom stereocenters. The van der Waals surface area contributed by atoms with Crippen LogP contribution in [-0.4, -0.2) is 15.7 Å². The number of carbonyl (C=O) groups is 1. The third kappa shape index (κ3) is 2.03. The van der Waals surface area contributed by atoms with E-state index in [1.54, 1.807) is 12.1 Å². The van der Waals surface area contributed by atoms with E-state index in [0.717, 1.165) is 4.68 Å². The van der Waals surface area contributed by atoms with Crippen molar-refractivity contribution >= 4 is 34.9 Å². The van der Waals surface area contributed by atoms with Crippen LogP contribution in [0.15, 0.2) is 30.5 Å². The summed E-state index contributed by atoms with van der Waals surface area (Å²) in [7, 11) is 0. The summed E-state index contributed by atoms with van der Waals surface area (Å²) < 4.78 is 1.13. The zero-order valence-electron chi connectivity index (χ0n) is 8.02. The third-order valence-electron chi connectivity index (χ3n) is 1.98. The van der Waals surface area contributed by atoms with Crippen molar-refractivity contribution in [2.24, 2.45) is 0 Å². The van der Waals surface area contributed by atoms with Crippen LogP contribution in [0, 0.1) is 0 Å². The van der Waals surface area contributed by atoms with Gasteiger partial charge >= 0.3 is 0 Å². The van der Waals surface area contributed by atoms with E-state index in [-0.39, 0.29) is 16.7 Å². The molecule has 2 N–H and O–H groups in total. The molecule has 0 unspecified atom stereocenters. The van der Waals surface area contributed by atoms with Crippen LogP contribution in [0.5, 0.6) is 0 Å². The molecule has 6 heteroatoms. The topological polar surface area (TPSA) is 60.9 Å². The summed E-state index contributed by atoms with van der Waals surface area (Å²) in [5.41, 5.74) is 5.75. The minimum Gasteiger partial charge on any atom is -0.382 e. The van der Waals surface area contributed by atoms with E-state index in [9.17, 15) is 4.79 Å². The zero-order valence-corrected chi connectivity index (χ0v) is 9.53. The van der Waals surface area contributed by atoms with Gasteiger partial charge in [-0.25, -0.2) is 4.68 Å². The molecule has 0 bridgehead atoms. The van der Waals surface area contributed by atoms with E-state index in [4.69, 9.17) is 28.9 Å². The number of benzene rings is 1. The second kappa shape index (κ2) is 4.15. The maximum atomic E-state index is 11.9. The lowest BCUT2D eigenvalue weighted by atomic mass is 10.2. The van der Waals surface area contributed by atoms with E-state index in [1.165, 1.54) is 18.3 Å². The quantitative estimate of drug-likeness (QED) is 0.852. The van der Waals surface area contributed by atoms with Crippen LogP contribution < -0.4 is 5.73 Å². The Kier molecular flexibility index (Phi) is 2.85. The van der Waals surface area contributed by atoms with Gasteiger partial charge in [0.1, 0.15) is 5.82 Å². The highest BCUT2D eigenvalue weighted by Crippen LogP contribution is 2.21. The molecular formula is C10H7Cl2N3O. The molecule has 1 heterocycles. The monoisotopic (exact) mass is 255 g/mol. The fraction of sp³-hybridized carbons (Fsp3) is 0. The number of anilines is 1. The number of nitrogens with zero attached hydrogens (tertiary/aromatic N) is 2. The zero-order chi connectivity index (χ0) is 11.7. The number of aromatic nitrogens is 2. The van der Waals surface area contributed by atoms with Crippen molar-refractivity contribution in [2.75, 3.05) is 5.73 Å². The predicted octanol–water partition coefficient (Wildman–Crippen LogP) is 2.46. The summed E-state index contributed by atoms with van der Waals surface area (Å²) in [5, 5.41) is 4.56. The highest BCUT2D eigenvalue weighted by atomic mass is 35.5. The molecular weight excluding hydrogens is 249 g/mol. The van der Waals surface area contributed by atoms with Crippen LogP contribution in [-0.2, 0) is 0 Å². The first kappa shape index (κ1) is 11.0. The Balaban J connectivity index is 2.41. The van der Waals surface area contributed by atoms with Crippen LogP contribution in [0.3, 0.4) is 0 Å². The number of halogens is 2. The van der Waals surface area contributed by atoms with Gasteiger partial charge in [0.15, 0.2) is 0 Å². The van der Waals surface area contributed by atoms with E-state index >= 15 is 0 Å². The SMILES string of the molecule is Nc1ccn(C(=O)c2ccc(Cl)cc2Cl)n1. The molecule has 0 fully saturated rings. The lowest BCUT2D eigenvalue weighted by molar-refractivity contribution is 0.0945. The Hall–Kier alpha value is -1.52. The molecule has 0 radical (unpaired) electrons. The Bertz CT molecular complexity index is 551. The van der Waals surface area contributed by atoms with Crippen molar-refractivity contribution in [3.63, 3.8) is 0 Å². The summed E-state index contributed by atoms with van der Waals surface area (Å²) in [6, 6.07) is 6.17. The van der Waals surface area contributed by atoms with Gasteiger partial charge in [-0.3, -0.25) is 4.79 Å². The maximum absolute atomic E-state index is 11.9. The third-order valence-corrected chi connectivity index (χ3v) is 2.53. The number of hydrogen-bond acceptors (Lipinski definition) is 3. The molecule has 4 nitrogen and oxygen atoms in total. The van der Waals surface area contributed by atoms with Crippen molar-refractivity contribution in [1.29, 1.82) is 0 Å². The summed E-state index contributed by atoms with van der Waals surface area (Å²) in [5.74, 6) is -0.0724. The van der Waals surface area contributed by atoms with Gasteiger partial charge in [0.05, 0.1) is 10.6 Å². The Morgan fingerprint density at radius 1 is 1.31 bits per heavy atom. The van der Waals surface area contributed by atoms with Gasteiger partial charge in [0.25, 0.3) is 5.91 Å². The van der Waals surface area contributed by atoms with Crippen molar-refractivity contribution < 1.29 is 4.79 Å². The normalized spacial score (nSPS) is 10.4. The predicted molar refractivity (Wildman–Crippen MR) is 62.8 cm³/mol. The second-order valence-electron chi connectivity index (χ2n) is 3.11. The number of rotatable bonds is 1. The molecule has 82 valence electrons. The number of carbonyl (C=O) groups excluding carboxylic acids is 1. The molecule has 1 aromatic heterocycles. The van der Waals surface area contributed by atoms with Gasteiger partial charge in [-0.05, 0) is 18.2 Å². The molecule has 0 aliphatic carbocycles. The van der Waals surface area contributed by atoms with E-state index < -0.39 is 0 Å². The largest absolute Gasteiger partial charge is 0.382 e. The number of nitrogens with two attached hydrogens (primary N) is 1. The number of hydrogen-bond donors (Lipinski definition) is 1. The van der Waals surface area contributed by atoms with Crippen LogP contribution in [0.4, 0.5) is 5.82 Å². The lowest BCUT2D eigenvalue weighted by Gasteiger charge is -2.03. The molecule has 0 amide bonds. The Labute approximate surface area is 102 Å². The molecule has 16 heavy (non-hydrogen) atoms. The molecule has 0 aliphatic heterocycles. The summed E-state index contributed by atoms with van der Waals surface area (Å²) in [4.78, 5) is 11.9. The molecule has 2 rings (SSSR count). The highest BCUT2D eigenvalue weighted by Gasteiger charge is 2.13.